The third-order valence-corrected chi connectivity index (χ3v) is 4.66. The van der Waals surface area contributed by atoms with E-state index in [4.69, 9.17) is 4.52 Å². The van der Waals surface area contributed by atoms with Gasteiger partial charge in [-0.2, -0.15) is 4.98 Å². The molecule has 124 valence electrons. The van der Waals surface area contributed by atoms with E-state index in [1.54, 1.807) is 6.07 Å². The van der Waals surface area contributed by atoms with Gasteiger partial charge in [0, 0.05) is 13.5 Å². The molecule has 0 saturated carbocycles. The number of halogens is 2. The van der Waals surface area contributed by atoms with Crippen molar-refractivity contribution in [1.29, 1.82) is 0 Å². The molecule has 1 N–H and O–H groups in total. The zero-order valence-electron chi connectivity index (χ0n) is 13.7. The summed E-state index contributed by atoms with van der Waals surface area (Å²) < 4.78 is 7.06. The summed E-state index contributed by atoms with van der Waals surface area (Å²) in [5.74, 6) is 0.829. The topological polar surface area (TPSA) is 68.0 Å². The molecular weight excluding hydrogens is 473 g/mol. The lowest BCUT2D eigenvalue weighted by molar-refractivity contribution is 0.0906. The van der Waals surface area contributed by atoms with Gasteiger partial charge in [0.2, 0.25) is 5.89 Å². The van der Waals surface area contributed by atoms with E-state index in [1.165, 1.54) is 0 Å². The van der Waals surface area contributed by atoms with Crippen LogP contribution in [0, 0.1) is 3.57 Å². The molecule has 7 heteroatoms. The monoisotopic (exact) mass is 491 g/mol. The van der Waals surface area contributed by atoms with Gasteiger partial charge >= 0.3 is 0 Å². The highest BCUT2D eigenvalue weighted by Crippen LogP contribution is 2.25. The van der Waals surface area contributed by atoms with Crippen molar-refractivity contribution in [3.8, 4) is 0 Å². The number of hydrogen-bond acceptors (Lipinski definition) is 4. The Hall–Kier alpha value is -0.960. The first-order chi connectivity index (χ1) is 10.5. The van der Waals surface area contributed by atoms with E-state index < -0.39 is 5.54 Å². The molecule has 1 heterocycles. The third-order valence-electron chi connectivity index (χ3n) is 3.23. The molecule has 1 aromatic carbocycles. The van der Waals surface area contributed by atoms with Crippen molar-refractivity contribution in [1.82, 2.24) is 15.5 Å². The van der Waals surface area contributed by atoms with Crippen LogP contribution in [0.3, 0.4) is 0 Å². The van der Waals surface area contributed by atoms with Gasteiger partial charge in [-0.15, -0.1) is 0 Å². The zero-order valence-corrected chi connectivity index (χ0v) is 17.4. The molecule has 1 aromatic heterocycles. The molecule has 0 spiro atoms. The Balaban J connectivity index is 2.25. The Labute approximate surface area is 157 Å². The van der Waals surface area contributed by atoms with Crippen molar-refractivity contribution < 1.29 is 9.32 Å². The maximum atomic E-state index is 12.6. The van der Waals surface area contributed by atoms with Crippen molar-refractivity contribution in [3.05, 3.63) is 43.5 Å². The van der Waals surface area contributed by atoms with Gasteiger partial charge in [0.15, 0.2) is 5.82 Å². The van der Waals surface area contributed by atoms with Gasteiger partial charge in [0.25, 0.3) is 5.91 Å². The molecule has 0 fully saturated rings. The molecule has 0 atom stereocenters. The van der Waals surface area contributed by atoms with Crippen molar-refractivity contribution >= 4 is 44.4 Å². The van der Waals surface area contributed by atoms with E-state index in [1.807, 2.05) is 46.8 Å². The van der Waals surface area contributed by atoms with Crippen LogP contribution in [-0.4, -0.2) is 16.0 Å². The van der Waals surface area contributed by atoms with Crippen molar-refractivity contribution in [2.45, 2.75) is 45.6 Å². The minimum Gasteiger partial charge on any atom is -0.340 e. The SMILES string of the molecule is CC(C)(C)c1nc(C(C)(C)NC(=O)c2cc(Br)ccc2I)no1. The Kier molecular flexibility index (Phi) is 5.20. The van der Waals surface area contributed by atoms with Crippen molar-refractivity contribution in [3.63, 3.8) is 0 Å². The molecule has 0 unspecified atom stereocenters. The van der Waals surface area contributed by atoms with Crippen LogP contribution in [0.4, 0.5) is 0 Å². The summed E-state index contributed by atoms with van der Waals surface area (Å²) in [7, 11) is 0. The largest absolute Gasteiger partial charge is 0.340 e. The second-order valence-electron chi connectivity index (χ2n) is 6.88. The lowest BCUT2D eigenvalue weighted by atomic mass is 9.97. The number of hydrogen-bond donors (Lipinski definition) is 1. The predicted molar refractivity (Wildman–Crippen MR) is 100 cm³/mol. The molecule has 23 heavy (non-hydrogen) atoms. The maximum absolute atomic E-state index is 12.6. The number of carbonyl (C=O) groups is 1. The first-order valence-corrected chi connectivity index (χ1v) is 9.00. The average Bonchev–Trinajstić information content (AvgIpc) is 2.91. The minimum atomic E-state index is -0.741. The molecule has 5 nitrogen and oxygen atoms in total. The van der Waals surface area contributed by atoms with Crippen molar-refractivity contribution in [2.24, 2.45) is 0 Å². The van der Waals surface area contributed by atoms with Crippen LogP contribution >= 0.6 is 38.5 Å². The van der Waals surface area contributed by atoms with Crippen molar-refractivity contribution in [2.75, 3.05) is 0 Å². The number of amides is 1. The van der Waals surface area contributed by atoms with E-state index in [0.717, 1.165) is 8.04 Å². The van der Waals surface area contributed by atoms with E-state index in [-0.39, 0.29) is 11.3 Å². The number of aromatic nitrogens is 2. The quantitative estimate of drug-likeness (QED) is 0.646. The number of nitrogens with one attached hydrogen (secondary N) is 1. The van der Waals surface area contributed by atoms with Crippen LogP contribution in [0.25, 0.3) is 0 Å². The first kappa shape index (κ1) is 18.4. The molecule has 0 aliphatic heterocycles. The summed E-state index contributed by atoms with van der Waals surface area (Å²) in [6, 6.07) is 5.58. The van der Waals surface area contributed by atoms with Gasteiger partial charge in [-0.1, -0.05) is 41.9 Å². The highest BCUT2D eigenvalue weighted by molar-refractivity contribution is 14.1. The van der Waals surface area contributed by atoms with Gasteiger partial charge in [0.1, 0.15) is 0 Å². The summed E-state index contributed by atoms with van der Waals surface area (Å²) in [6.45, 7) is 9.71. The van der Waals surface area contributed by atoms with Gasteiger partial charge < -0.3 is 9.84 Å². The second kappa shape index (κ2) is 6.51. The molecular formula is C16H19BrIN3O2. The van der Waals surface area contributed by atoms with Gasteiger partial charge in [-0.25, -0.2) is 0 Å². The lowest BCUT2D eigenvalue weighted by Gasteiger charge is -2.23. The normalized spacial score (nSPS) is 12.3. The highest BCUT2D eigenvalue weighted by Gasteiger charge is 2.32. The van der Waals surface area contributed by atoms with E-state index in [0.29, 0.717) is 17.3 Å². The highest BCUT2D eigenvalue weighted by atomic mass is 127. The van der Waals surface area contributed by atoms with Crippen LogP contribution in [0.5, 0.6) is 0 Å². The van der Waals surface area contributed by atoms with Crippen LogP contribution < -0.4 is 5.32 Å². The molecule has 0 aliphatic carbocycles. The smallest absolute Gasteiger partial charge is 0.253 e. The maximum Gasteiger partial charge on any atom is 0.253 e. The Bertz CT molecular complexity index is 735. The number of carbonyl (C=O) groups excluding carboxylic acids is 1. The van der Waals surface area contributed by atoms with Crippen LogP contribution in [0.2, 0.25) is 0 Å². The fourth-order valence-corrected chi connectivity index (χ4v) is 2.80. The molecule has 1 amide bonds. The second-order valence-corrected chi connectivity index (χ2v) is 8.95. The molecule has 0 radical (unpaired) electrons. The molecule has 0 saturated heterocycles. The number of rotatable bonds is 3. The minimum absolute atomic E-state index is 0.178. The summed E-state index contributed by atoms with van der Waals surface area (Å²) in [5, 5.41) is 7.00. The lowest BCUT2D eigenvalue weighted by Crippen LogP contribution is -2.42. The fourth-order valence-electron chi connectivity index (χ4n) is 1.86. The predicted octanol–water partition coefficient (Wildman–Crippen LogP) is 4.40. The average molecular weight is 492 g/mol. The van der Waals surface area contributed by atoms with Crippen LogP contribution in [0.1, 0.15) is 56.7 Å². The summed E-state index contributed by atoms with van der Waals surface area (Å²) in [6.07, 6.45) is 0. The Morgan fingerprint density at radius 3 is 2.48 bits per heavy atom. The number of nitrogens with zero attached hydrogens (tertiary/aromatic N) is 2. The summed E-state index contributed by atoms with van der Waals surface area (Å²) in [5.41, 5.74) is -0.367. The molecule has 2 rings (SSSR count). The Morgan fingerprint density at radius 1 is 1.26 bits per heavy atom. The van der Waals surface area contributed by atoms with E-state index >= 15 is 0 Å². The van der Waals surface area contributed by atoms with E-state index in [9.17, 15) is 4.79 Å². The van der Waals surface area contributed by atoms with E-state index in [2.05, 4.69) is 54.0 Å². The number of benzene rings is 1. The van der Waals surface area contributed by atoms with Gasteiger partial charge in [-0.05, 0) is 54.6 Å². The molecule has 2 aromatic rings. The first-order valence-electron chi connectivity index (χ1n) is 7.13. The summed E-state index contributed by atoms with van der Waals surface area (Å²) in [4.78, 5) is 17.0. The molecule has 0 aliphatic rings. The summed E-state index contributed by atoms with van der Waals surface area (Å²) >= 11 is 5.53. The molecule has 0 bridgehead atoms. The Morgan fingerprint density at radius 2 is 1.91 bits per heavy atom. The zero-order chi connectivity index (χ0) is 17.4. The van der Waals surface area contributed by atoms with Gasteiger partial charge in [0.05, 0.1) is 11.1 Å². The third kappa shape index (κ3) is 4.32. The van der Waals surface area contributed by atoms with Crippen LogP contribution in [-0.2, 0) is 11.0 Å². The van der Waals surface area contributed by atoms with Gasteiger partial charge in [-0.3, -0.25) is 4.79 Å². The fraction of sp³-hybridized carbons (Fsp3) is 0.438. The van der Waals surface area contributed by atoms with Crippen LogP contribution in [0.15, 0.2) is 27.2 Å². The standard InChI is InChI=1S/C16H19BrIN3O2/c1-15(2,3)14-19-13(21-23-14)16(4,5)20-12(22)10-8-9(17)6-7-11(10)18/h6-8H,1-5H3,(H,20,22).